The van der Waals surface area contributed by atoms with Gasteiger partial charge in [-0.25, -0.2) is 4.39 Å². The van der Waals surface area contributed by atoms with Crippen LogP contribution in [-0.2, 0) is 9.59 Å². The maximum atomic E-state index is 13.3. The molecule has 1 N–H and O–H groups in total. The van der Waals surface area contributed by atoms with Crippen LogP contribution in [0, 0.1) is 5.82 Å². The summed E-state index contributed by atoms with van der Waals surface area (Å²) < 4.78 is 25.1. The first-order chi connectivity index (χ1) is 14.8. The van der Waals surface area contributed by atoms with Crippen LogP contribution in [0.1, 0.15) is 12.5 Å². The summed E-state index contributed by atoms with van der Waals surface area (Å²) in [6, 6.07) is 8.59. The van der Waals surface area contributed by atoms with E-state index in [1.54, 1.807) is 18.2 Å². The third-order valence-electron chi connectivity index (χ3n) is 4.17. The van der Waals surface area contributed by atoms with Gasteiger partial charge in [-0.2, -0.15) is 0 Å². The molecule has 2 amide bonds. The number of halogens is 2. The number of hydrogen-bond donors (Lipinski definition) is 1. The van der Waals surface area contributed by atoms with Gasteiger partial charge in [0.2, 0.25) is 0 Å². The van der Waals surface area contributed by atoms with Crippen LogP contribution in [0.2, 0.25) is 0 Å². The Morgan fingerprint density at radius 3 is 2.58 bits per heavy atom. The summed E-state index contributed by atoms with van der Waals surface area (Å²) in [6.07, 6.45) is 3.04. The maximum Gasteiger partial charge on any atom is 0.270 e. The molecule has 2 aromatic rings. The molecule has 1 aliphatic heterocycles. The van der Waals surface area contributed by atoms with E-state index in [1.807, 2.05) is 6.92 Å². The molecule has 0 spiro atoms. The summed E-state index contributed by atoms with van der Waals surface area (Å²) in [7, 11) is 0. The van der Waals surface area contributed by atoms with E-state index in [4.69, 9.17) is 21.7 Å². The number of nitrogens with zero attached hydrogens (tertiary/aromatic N) is 1. The highest BCUT2D eigenvalue weighted by molar-refractivity contribution is 9.10. The fourth-order valence-corrected chi connectivity index (χ4v) is 3.72. The minimum Gasteiger partial charge on any atom is -0.490 e. The van der Waals surface area contributed by atoms with Gasteiger partial charge in [0, 0.05) is 0 Å². The van der Waals surface area contributed by atoms with Crippen molar-refractivity contribution in [1.82, 2.24) is 5.32 Å². The molecule has 3 rings (SSSR count). The number of carbonyl (C=O) groups excluding carboxylic acids is 2. The van der Waals surface area contributed by atoms with Crippen LogP contribution >= 0.6 is 28.1 Å². The van der Waals surface area contributed by atoms with Crippen LogP contribution in [0.4, 0.5) is 10.1 Å². The summed E-state index contributed by atoms with van der Waals surface area (Å²) in [6.45, 7) is 6.13. The second-order valence-electron chi connectivity index (χ2n) is 6.30. The van der Waals surface area contributed by atoms with Gasteiger partial charge in [-0.3, -0.25) is 19.8 Å². The van der Waals surface area contributed by atoms with Crippen molar-refractivity contribution in [2.45, 2.75) is 6.92 Å². The number of amides is 2. The number of ether oxygens (including phenoxy) is 2. The van der Waals surface area contributed by atoms with Gasteiger partial charge < -0.3 is 9.47 Å². The third kappa shape index (κ3) is 5.00. The molecule has 6 nitrogen and oxygen atoms in total. The maximum absolute atomic E-state index is 13.3. The zero-order valence-corrected chi connectivity index (χ0v) is 18.9. The van der Waals surface area contributed by atoms with Crippen LogP contribution in [-0.4, -0.2) is 30.1 Å². The highest BCUT2D eigenvalue weighted by atomic mass is 79.9. The quantitative estimate of drug-likeness (QED) is 0.262. The first-order valence-electron chi connectivity index (χ1n) is 9.22. The molecule has 0 bridgehead atoms. The molecule has 0 saturated carbocycles. The Balaban J connectivity index is 2.01. The van der Waals surface area contributed by atoms with Crippen LogP contribution in [0.3, 0.4) is 0 Å². The van der Waals surface area contributed by atoms with Gasteiger partial charge in [0.05, 0.1) is 16.8 Å². The molecule has 2 aromatic carbocycles. The lowest BCUT2D eigenvalue weighted by molar-refractivity contribution is -0.122. The van der Waals surface area contributed by atoms with Crippen LogP contribution in [0.25, 0.3) is 6.08 Å². The van der Waals surface area contributed by atoms with Gasteiger partial charge in [-0.15, -0.1) is 0 Å². The van der Waals surface area contributed by atoms with E-state index in [9.17, 15) is 14.0 Å². The topological polar surface area (TPSA) is 67.9 Å². The second kappa shape index (κ2) is 9.84. The molecule has 9 heteroatoms. The molecule has 31 heavy (non-hydrogen) atoms. The molecule has 0 atom stereocenters. The summed E-state index contributed by atoms with van der Waals surface area (Å²) in [5.74, 6) is -0.778. The fourth-order valence-electron chi connectivity index (χ4n) is 2.87. The first-order valence-corrected chi connectivity index (χ1v) is 10.4. The number of rotatable bonds is 7. The predicted octanol–water partition coefficient (Wildman–Crippen LogP) is 4.38. The molecule has 0 aromatic heterocycles. The van der Waals surface area contributed by atoms with Crippen LogP contribution in [0.5, 0.6) is 11.5 Å². The predicted molar refractivity (Wildman–Crippen MR) is 124 cm³/mol. The number of thiocarbonyl (C=S) groups is 1. The molecular formula is C22H18BrFN2O4S. The van der Waals surface area contributed by atoms with Gasteiger partial charge in [0.25, 0.3) is 11.8 Å². The largest absolute Gasteiger partial charge is 0.490 e. The highest BCUT2D eigenvalue weighted by Gasteiger charge is 2.34. The van der Waals surface area contributed by atoms with E-state index in [0.29, 0.717) is 33.8 Å². The van der Waals surface area contributed by atoms with Crippen molar-refractivity contribution in [3.05, 3.63) is 70.5 Å². The lowest BCUT2D eigenvalue weighted by atomic mass is 10.1. The highest BCUT2D eigenvalue weighted by Crippen LogP contribution is 2.38. The Hall–Kier alpha value is -3.04. The number of carbonyl (C=O) groups is 2. The zero-order valence-electron chi connectivity index (χ0n) is 16.5. The molecule has 0 unspecified atom stereocenters. The normalized spacial score (nSPS) is 15.1. The van der Waals surface area contributed by atoms with Crippen molar-refractivity contribution >= 4 is 56.8 Å². The lowest BCUT2D eigenvalue weighted by Crippen LogP contribution is -2.54. The second-order valence-corrected chi connectivity index (χ2v) is 7.54. The van der Waals surface area contributed by atoms with E-state index in [2.05, 4.69) is 27.8 Å². The summed E-state index contributed by atoms with van der Waals surface area (Å²) in [4.78, 5) is 26.7. The molecule has 0 aliphatic carbocycles. The van der Waals surface area contributed by atoms with Crippen molar-refractivity contribution in [2.75, 3.05) is 18.1 Å². The van der Waals surface area contributed by atoms with Crippen LogP contribution in [0.15, 0.2) is 59.1 Å². The number of nitrogens with one attached hydrogen (secondary N) is 1. The Labute approximate surface area is 192 Å². The van der Waals surface area contributed by atoms with E-state index in [1.165, 1.54) is 30.3 Å². The molecule has 1 heterocycles. The Kier molecular flexibility index (Phi) is 7.19. The fraction of sp³-hybridized carbons (Fsp3) is 0.136. The molecule has 1 fully saturated rings. The average molecular weight is 505 g/mol. The summed E-state index contributed by atoms with van der Waals surface area (Å²) >= 11 is 8.58. The monoisotopic (exact) mass is 504 g/mol. The Morgan fingerprint density at radius 2 is 1.94 bits per heavy atom. The number of anilines is 1. The van der Waals surface area contributed by atoms with Gasteiger partial charge in [-0.05, 0) is 83.1 Å². The molecule has 1 aliphatic rings. The van der Waals surface area contributed by atoms with E-state index >= 15 is 0 Å². The number of hydrogen-bond acceptors (Lipinski definition) is 5. The zero-order chi connectivity index (χ0) is 22.5. The molecule has 160 valence electrons. The SMILES string of the molecule is C=CCOc1c(Br)cc(/C=C2/C(=O)NC(=S)N(c3ccc(F)cc3)C2=O)cc1OCC. The number of benzene rings is 2. The van der Waals surface area contributed by atoms with Crippen molar-refractivity contribution in [3.8, 4) is 11.5 Å². The van der Waals surface area contributed by atoms with E-state index in [-0.39, 0.29) is 17.3 Å². The summed E-state index contributed by atoms with van der Waals surface area (Å²) in [5.41, 5.74) is 0.741. The Morgan fingerprint density at radius 1 is 1.23 bits per heavy atom. The lowest BCUT2D eigenvalue weighted by Gasteiger charge is -2.29. The van der Waals surface area contributed by atoms with Gasteiger partial charge >= 0.3 is 0 Å². The van der Waals surface area contributed by atoms with Crippen molar-refractivity contribution in [1.29, 1.82) is 0 Å². The van der Waals surface area contributed by atoms with Crippen molar-refractivity contribution in [2.24, 2.45) is 0 Å². The minimum absolute atomic E-state index is 0.0804. The third-order valence-corrected chi connectivity index (χ3v) is 5.05. The van der Waals surface area contributed by atoms with E-state index < -0.39 is 17.6 Å². The Bertz CT molecular complexity index is 1090. The average Bonchev–Trinajstić information content (AvgIpc) is 2.72. The van der Waals surface area contributed by atoms with E-state index in [0.717, 1.165) is 4.90 Å². The van der Waals surface area contributed by atoms with Gasteiger partial charge in [0.15, 0.2) is 16.6 Å². The minimum atomic E-state index is -0.630. The molecule has 1 saturated heterocycles. The molecular weight excluding hydrogens is 487 g/mol. The standard InChI is InChI=1S/C22H18BrFN2O4S/c1-3-9-30-19-17(23)11-13(12-18(19)29-4-2)10-16-20(27)25-22(31)26(21(16)28)15-7-5-14(24)6-8-15/h3,5-8,10-12H,1,4,9H2,2H3,(H,25,27,31)/b16-10-. The van der Waals surface area contributed by atoms with Crippen LogP contribution < -0.4 is 19.7 Å². The summed E-state index contributed by atoms with van der Waals surface area (Å²) in [5, 5.41) is 2.41. The van der Waals surface area contributed by atoms with Crippen molar-refractivity contribution in [3.63, 3.8) is 0 Å². The van der Waals surface area contributed by atoms with Gasteiger partial charge in [-0.1, -0.05) is 12.7 Å². The van der Waals surface area contributed by atoms with Gasteiger partial charge in [0.1, 0.15) is 18.0 Å². The first kappa shape index (κ1) is 22.6. The van der Waals surface area contributed by atoms with Crippen molar-refractivity contribution < 1.29 is 23.5 Å². The molecule has 0 radical (unpaired) electrons. The smallest absolute Gasteiger partial charge is 0.270 e.